The normalized spacial score (nSPS) is 16.4. The third-order valence-corrected chi connectivity index (χ3v) is 2.68. The summed E-state index contributed by atoms with van der Waals surface area (Å²) in [5, 5.41) is 2.38. The number of methoxy groups -OCH3 is 1. The Kier molecular flexibility index (Phi) is 3.27. The first-order valence-corrected chi connectivity index (χ1v) is 5.38. The number of rotatable bonds is 3. The number of carbonyl (C=O) groups is 3. The summed E-state index contributed by atoms with van der Waals surface area (Å²) in [6.07, 6.45) is 0. The van der Waals surface area contributed by atoms with Gasteiger partial charge in [0.1, 0.15) is 0 Å². The highest BCUT2D eigenvalue weighted by Crippen LogP contribution is 2.24. The summed E-state index contributed by atoms with van der Waals surface area (Å²) in [5.74, 6) is -1.09. The van der Waals surface area contributed by atoms with Gasteiger partial charge >= 0.3 is 12.0 Å². The lowest BCUT2D eigenvalue weighted by Crippen LogP contribution is -2.39. The fraction of sp³-hybridized carbons (Fsp3) is 0.250. The van der Waals surface area contributed by atoms with Gasteiger partial charge in [0.25, 0.3) is 5.91 Å². The molecule has 0 aromatic heterocycles. The minimum absolute atomic E-state index is 0.0981. The number of amides is 3. The molecule has 6 nitrogen and oxygen atoms in total. The number of hydrogen-bond acceptors (Lipinski definition) is 4. The van der Waals surface area contributed by atoms with Crippen LogP contribution in [0, 0.1) is 0 Å². The number of nitrogens with one attached hydrogen (secondary N) is 1. The monoisotopic (exact) mass is 248 g/mol. The van der Waals surface area contributed by atoms with Crippen LogP contribution < -0.4 is 5.32 Å². The highest BCUT2D eigenvalue weighted by molar-refractivity contribution is 6.05. The van der Waals surface area contributed by atoms with E-state index in [4.69, 9.17) is 0 Å². The SMILES string of the molecule is COC(=O)C(c1ccccc1)N1C(=O)CNC1=O. The second-order valence-electron chi connectivity index (χ2n) is 3.76. The number of esters is 1. The average Bonchev–Trinajstić information content (AvgIpc) is 2.72. The number of carbonyl (C=O) groups excluding carboxylic acids is 3. The van der Waals surface area contributed by atoms with Crippen LogP contribution in [0.1, 0.15) is 11.6 Å². The Hall–Kier alpha value is -2.37. The third kappa shape index (κ3) is 2.04. The molecule has 18 heavy (non-hydrogen) atoms. The standard InChI is InChI=1S/C12H12N2O4/c1-18-11(16)10(8-5-3-2-4-6-8)14-9(15)7-13-12(14)17/h2-6,10H,7H2,1H3,(H,13,17). The summed E-state index contributed by atoms with van der Waals surface area (Å²) in [6, 6.07) is 6.95. The van der Waals surface area contributed by atoms with Crippen LogP contribution in [0.4, 0.5) is 4.79 Å². The van der Waals surface area contributed by atoms with Crippen LogP contribution >= 0.6 is 0 Å². The number of urea groups is 1. The van der Waals surface area contributed by atoms with Crippen molar-refractivity contribution in [2.45, 2.75) is 6.04 Å². The summed E-state index contributed by atoms with van der Waals surface area (Å²) < 4.78 is 4.66. The number of nitrogens with zero attached hydrogens (tertiary/aromatic N) is 1. The predicted molar refractivity (Wildman–Crippen MR) is 61.4 cm³/mol. The molecular weight excluding hydrogens is 236 g/mol. The molecule has 1 saturated heterocycles. The van der Waals surface area contributed by atoms with Gasteiger partial charge in [-0.3, -0.25) is 4.79 Å². The number of ether oxygens (including phenoxy) is 1. The Bertz CT molecular complexity index is 470. The molecule has 0 aliphatic carbocycles. The van der Waals surface area contributed by atoms with Crippen molar-refractivity contribution in [3.05, 3.63) is 35.9 Å². The van der Waals surface area contributed by atoms with E-state index in [1.165, 1.54) is 7.11 Å². The Morgan fingerprint density at radius 2 is 2.00 bits per heavy atom. The van der Waals surface area contributed by atoms with Crippen molar-refractivity contribution in [1.29, 1.82) is 0 Å². The molecule has 0 radical (unpaired) electrons. The second kappa shape index (κ2) is 4.87. The molecule has 2 rings (SSSR count). The van der Waals surface area contributed by atoms with Crippen molar-refractivity contribution >= 4 is 17.9 Å². The van der Waals surface area contributed by atoms with E-state index in [0.717, 1.165) is 4.90 Å². The van der Waals surface area contributed by atoms with E-state index in [-0.39, 0.29) is 6.54 Å². The zero-order chi connectivity index (χ0) is 13.1. The maximum Gasteiger partial charge on any atom is 0.333 e. The number of hydrogen-bond donors (Lipinski definition) is 1. The van der Waals surface area contributed by atoms with Crippen LogP contribution in [0.2, 0.25) is 0 Å². The van der Waals surface area contributed by atoms with E-state index in [9.17, 15) is 14.4 Å². The van der Waals surface area contributed by atoms with E-state index in [1.54, 1.807) is 30.3 Å². The lowest BCUT2D eigenvalue weighted by atomic mass is 10.1. The maximum atomic E-state index is 11.8. The Balaban J connectivity index is 2.40. The summed E-state index contributed by atoms with van der Waals surface area (Å²) in [7, 11) is 1.22. The van der Waals surface area contributed by atoms with E-state index in [2.05, 4.69) is 10.1 Å². The van der Waals surface area contributed by atoms with Gasteiger partial charge in [0.05, 0.1) is 13.7 Å². The first kappa shape index (κ1) is 12.1. The first-order chi connectivity index (χ1) is 8.65. The predicted octanol–water partition coefficient (Wildman–Crippen LogP) is 0.452. The molecule has 0 saturated carbocycles. The topological polar surface area (TPSA) is 75.7 Å². The maximum absolute atomic E-state index is 11.8. The molecule has 1 aliphatic rings. The van der Waals surface area contributed by atoms with Gasteiger partial charge in [0, 0.05) is 0 Å². The minimum Gasteiger partial charge on any atom is -0.467 e. The van der Waals surface area contributed by atoms with Crippen molar-refractivity contribution in [2.24, 2.45) is 0 Å². The largest absolute Gasteiger partial charge is 0.467 e. The van der Waals surface area contributed by atoms with Crippen molar-refractivity contribution in [2.75, 3.05) is 13.7 Å². The molecule has 6 heteroatoms. The fourth-order valence-corrected chi connectivity index (χ4v) is 1.83. The second-order valence-corrected chi connectivity index (χ2v) is 3.76. The van der Waals surface area contributed by atoms with Gasteiger partial charge in [0.15, 0.2) is 6.04 Å². The van der Waals surface area contributed by atoms with Gasteiger partial charge in [-0.15, -0.1) is 0 Å². The summed E-state index contributed by atoms with van der Waals surface area (Å²) in [5.41, 5.74) is 0.537. The molecule has 94 valence electrons. The molecule has 1 fully saturated rings. The smallest absolute Gasteiger partial charge is 0.333 e. The number of benzene rings is 1. The zero-order valence-corrected chi connectivity index (χ0v) is 9.75. The van der Waals surface area contributed by atoms with Crippen LogP contribution in [0.5, 0.6) is 0 Å². The van der Waals surface area contributed by atoms with Crippen LogP contribution in [0.15, 0.2) is 30.3 Å². The van der Waals surface area contributed by atoms with Gasteiger partial charge in [-0.2, -0.15) is 0 Å². The Morgan fingerprint density at radius 1 is 1.33 bits per heavy atom. The molecule has 1 aromatic rings. The van der Waals surface area contributed by atoms with Crippen molar-refractivity contribution in [3.63, 3.8) is 0 Å². The highest BCUT2D eigenvalue weighted by atomic mass is 16.5. The van der Waals surface area contributed by atoms with Crippen LogP contribution in [0.25, 0.3) is 0 Å². The molecule has 3 amide bonds. The third-order valence-electron chi connectivity index (χ3n) is 2.68. The van der Waals surface area contributed by atoms with Crippen LogP contribution in [-0.2, 0) is 14.3 Å². The van der Waals surface area contributed by atoms with Crippen molar-refractivity contribution in [3.8, 4) is 0 Å². The number of imide groups is 1. The highest BCUT2D eigenvalue weighted by Gasteiger charge is 2.40. The minimum atomic E-state index is -1.04. The van der Waals surface area contributed by atoms with Gasteiger partial charge in [-0.05, 0) is 5.56 Å². The van der Waals surface area contributed by atoms with Crippen LogP contribution in [-0.4, -0.2) is 36.5 Å². The van der Waals surface area contributed by atoms with Gasteiger partial charge in [-0.25, -0.2) is 14.5 Å². The molecule has 1 N–H and O–H groups in total. The van der Waals surface area contributed by atoms with Gasteiger partial charge < -0.3 is 10.1 Å². The van der Waals surface area contributed by atoms with E-state index >= 15 is 0 Å². The molecule has 1 heterocycles. The summed E-state index contributed by atoms with van der Waals surface area (Å²) in [4.78, 5) is 35.9. The Morgan fingerprint density at radius 3 is 2.50 bits per heavy atom. The molecular formula is C12H12N2O4. The quantitative estimate of drug-likeness (QED) is 0.622. The lowest BCUT2D eigenvalue weighted by molar-refractivity contribution is -0.149. The molecule has 1 unspecified atom stereocenters. The molecule has 1 aromatic carbocycles. The van der Waals surface area contributed by atoms with E-state index in [1.807, 2.05) is 0 Å². The molecule has 1 aliphatic heterocycles. The molecule has 0 bridgehead atoms. The average molecular weight is 248 g/mol. The van der Waals surface area contributed by atoms with Gasteiger partial charge in [-0.1, -0.05) is 30.3 Å². The van der Waals surface area contributed by atoms with E-state index in [0.29, 0.717) is 5.56 Å². The van der Waals surface area contributed by atoms with Crippen molar-refractivity contribution in [1.82, 2.24) is 10.2 Å². The first-order valence-electron chi connectivity index (χ1n) is 5.38. The molecule has 0 spiro atoms. The van der Waals surface area contributed by atoms with E-state index < -0.39 is 23.9 Å². The van der Waals surface area contributed by atoms with Gasteiger partial charge in [0.2, 0.25) is 0 Å². The van der Waals surface area contributed by atoms with Crippen molar-refractivity contribution < 1.29 is 19.1 Å². The fourth-order valence-electron chi connectivity index (χ4n) is 1.83. The molecule has 1 atom stereocenters. The lowest BCUT2D eigenvalue weighted by Gasteiger charge is -2.23. The summed E-state index contributed by atoms with van der Waals surface area (Å²) in [6.45, 7) is -0.0981. The zero-order valence-electron chi connectivity index (χ0n) is 9.75. The van der Waals surface area contributed by atoms with Crippen LogP contribution in [0.3, 0.4) is 0 Å². The Labute approximate surface area is 104 Å². The summed E-state index contributed by atoms with van der Waals surface area (Å²) >= 11 is 0.